The maximum Gasteiger partial charge on any atom is 0.224 e. The van der Waals surface area contributed by atoms with Crippen molar-refractivity contribution in [2.75, 3.05) is 0 Å². The molecule has 0 aliphatic heterocycles. The van der Waals surface area contributed by atoms with E-state index in [1.165, 1.54) is 5.52 Å². The Labute approximate surface area is 120 Å². The summed E-state index contributed by atoms with van der Waals surface area (Å²) >= 11 is 6.04. The maximum atomic E-state index is 6.04. The van der Waals surface area contributed by atoms with E-state index in [4.69, 9.17) is 11.6 Å². The molecule has 3 aromatic heterocycles. The van der Waals surface area contributed by atoms with Gasteiger partial charge in [-0.1, -0.05) is 18.2 Å². The van der Waals surface area contributed by atoms with E-state index in [2.05, 4.69) is 37.8 Å². The van der Waals surface area contributed by atoms with Gasteiger partial charge in [0.25, 0.3) is 0 Å². The van der Waals surface area contributed by atoms with Gasteiger partial charge in [-0.3, -0.25) is 0 Å². The van der Waals surface area contributed by atoms with E-state index in [0.29, 0.717) is 0 Å². The summed E-state index contributed by atoms with van der Waals surface area (Å²) in [7, 11) is 2.03. The molecule has 4 nitrogen and oxygen atoms in total. The summed E-state index contributed by atoms with van der Waals surface area (Å²) in [5.41, 5.74) is 3.85. The minimum atomic E-state index is 0.253. The van der Waals surface area contributed by atoms with E-state index in [1.807, 2.05) is 31.4 Å². The van der Waals surface area contributed by atoms with Crippen molar-refractivity contribution in [3.63, 3.8) is 0 Å². The van der Waals surface area contributed by atoms with Crippen LogP contribution in [0.4, 0.5) is 0 Å². The van der Waals surface area contributed by atoms with Crippen LogP contribution in [0.15, 0.2) is 42.7 Å². The van der Waals surface area contributed by atoms with E-state index < -0.39 is 0 Å². The molecule has 1 N–H and O–H groups in total. The zero-order valence-corrected chi connectivity index (χ0v) is 11.5. The second-order valence-electron chi connectivity index (χ2n) is 4.75. The second-order valence-corrected chi connectivity index (χ2v) is 5.09. The molecule has 20 heavy (non-hydrogen) atoms. The molecule has 0 atom stereocenters. The van der Waals surface area contributed by atoms with Crippen LogP contribution in [0.5, 0.6) is 0 Å². The predicted molar refractivity (Wildman–Crippen MR) is 80.8 cm³/mol. The Morgan fingerprint density at radius 2 is 1.95 bits per heavy atom. The number of nitrogens with zero attached hydrogens (tertiary/aromatic N) is 3. The predicted octanol–water partition coefficient (Wildman–Crippen LogP) is 3.77. The number of rotatable bonds is 1. The minimum absolute atomic E-state index is 0.253. The van der Waals surface area contributed by atoms with Crippen LogP contribution in [0, 0.1) is 0 Å². The first kappa shape index (κ1) is 11.5. The molecule has 5 heteroatoms. The van der Waals surface area contributed by atoms with Gasteiger partial charge in [0.2, 0.25) is 5.28 Å². The van der Waals surface area contributed by atoms with Crippen molar-refractivity contribution < 1.29 is 0 Å². The molecular weight excluding hydrogens is 272 g/mol. The molecule has 4 rings (SSSR count). The first-order chi connectivity index (χ1) is 9.74. The third-order valence-electron chi connectivity index (χ3n) is 3.54. The summed E-state index contributed by atoms with van der Waals surface area (Å²) in [4.78, 5) is 11.7. The lowest BCUT2D eigenvalue weighted by Gasteiger charge is -2.01. The van der Waals surface area contributed by atoms with E-state index >= 15 is 0 Å². The van der Waals surface area contributed by atoms with Gasteiger partial charge in [-0.05, 0) is 23.7 Å². The Balaban J connectivity index is 2.14. The molecule has 0 spiro atoms. The third kappa shape index (κ3) is 1.55. The normalized spacial score (nSPS) is 11.5. The van der Waals surface area contributed by atoms with Gasteiger partial charge in [-0.2, -0.15) is 4.98 Å². The molecule has 0 fully saturated rings. The highest BCUT2D eigenvalue weighted by atomic mass is 35.5. The van der Waals surface area contributed by atoms with Gasteiger partial charge in [0, 0.05) is 41.3 Å². The van der Waals surface area contributed by atoms with Crippen LogP contribution in [-0.2, 0) is 7.05 Å². The average molecular weight is 283 g/mol. The van der Waals surface area contributed by atoms with Crippen molar-refractivity contribution in [3.8, 4) is 11.3 Å². The molecule has 0 aliphatic carbocycles. The van der Waals surface area contributed by atoms with Crippen molar-refractivity contribution >= 4 is 33.5 Å². The first-order valence-corrected chi connectivity index (χ1v) is 6.67. The highest BCUT2D eigenvalue weighted by molar-refractivity contribution is 6.29. The molecule has 0 amide bonds. The summed E-state index contributed by atoms with van der Waals surface area (Å²) in [6.45, 7) is 0. The van der Waals surface area contributed by atoms with Crippen LogP contribution in [0.2, 0.25) is 5.28 Å². The van der Waals surface area contributed by atoms with Crippen LogP contribution in [-0.4, -0.2) is 19.5 Å². The van der Waals surface area contributed by atoms with Crippen molar-refractivity contribution in [2.45, 2.75) is 0 Å². The Bertz CT molecular complexity index is 936. The molecule has 4 aromatic rings. The number of aromatic amines is 1. The molecule has 98 valence electrons. The fraction of sp³-hybridized carbons (Fsp3) is 0.0667. The molecule has 3 heterocycles. The van der Waals surface area contributed by atoms with E-state index in [0.717, 1.165) is 27.7 Å². The number of hydrogen-bond acceptors (Lipinski definition) is 2. The molecular formula is C15H11ClN4. The summed E-state index contributed by atoms with van der Waals surface area (Å²) in [6, 6.07) is 10.2. The quantitative estimate of drug-likeness (QED) is 0.540. The molecule has 0 radical (unpaired) electrons. The highest BCUT2D eigenvalue weighted by Gasteiger charge is 2.14. The zero-order chi connectivity index (χ0) is 13.7. The number of fused-ring (bicyclic) bond motifs is 2. The molecule has 1 aromatic carbocycles. The average Bonchev–Trinajstić information content (AvgIpc) is 3.03. The van der Waals surface area contributed by atoms with E-state index in [-0.39, 0.29) is 5.28 Å². The minimum Gasteiger partial charge on any atom is -0.350 e. The molecule has 0 aliphatic rings. The van der Waals surface area contributed by atoms with Crippen LogP contribution in [0.25, 0.3) is 33.2 Å². The monoisotopic (exact) mass is 282 g/mol. The lowest BCUT2D eigenvalue weighted by molar-refractivity contribution is 0.969. The number of nitrogens with one attached hydrogen (secondary N) is 1. The van der Waals surface area contributed by atoms with Gasteiger partial charge in [-0.25, -0.2) is 4.98 Å². The lowest BCUT2D eigenvalue weighted by Crippen LogP contribution is -1.89. The summed E-state index contributed by atoms with van der Waals surface area (Å²) < 4.78 is 2.10. The number of H-pyrrole nitrogens is 1. The van der Waals surface area contributed by atoms with Crippen LogP contribution >= 0.6 is 11.6 Å². The SMILES string of the molecule is Cn1cc(-c2nc(Cl)nc3[nH]ccc23)c2ccccc21. The van der Waals surface area contributed by atoms with Gasteiger partial charge in [0.05, 0.1) is 5.69 Å². The van der Waals surface area contributed by atoms with Gasteiger partial charge in [-0.15, -0.1) is 0 Å². The number of hydrogen-bond donors (Lipinski definition) is 1. The fourth-order valence-electron chi connectivity index (χ4n) is 2.65. The van der Waals surface area contributed by atoms with Gasteiger partial charge in [0.1, 0.15) is 5.65 Å². The standard InChI is InChI=1S/C15H11ClN4/c1-20-8-11(9-4-2-3-5-12(9)20)13-10-6-7-17-14(10)19-15(16)18-13/h2-8H,1H3,(H,17,18,19). The third-order valence-corrected chi connectivity index (χ3v) is 3.71. The van der Waals surface area contributed by atoms with Crippen LogP contribution < -0.4 is 0 Å². The molecule has 0 saturated heterocycles. The van der Waals surface area contributed by atoms with Gasteiger partial charge >= 0.3 is 0 Å². The van der Waals surface area contributed by atoms with Gasteiger partial charge < -0.3 is 9.55 Å². The molecule has 0 bridgehead atoms. The number of para-hydroxylation sites is 1. The Kier molecular flexibility index (Phi) is 2.35. The zero-order valence-electron chi connectivity index (χ0n) is 10.8. The van der Waals surface area contributed by atoms with Crippen molar-refractivity contribution in [2.24, 2.45) is 7.05 Å². The molecule has 0 unspecified atom stereocenters. The Hall–Kier alpha value is -2.33. The van der Waals surface area contributed by atoms with Crippen LogP contribution in [0.3, 0.4) is 0 Å². The maximum absolute atomic E-state index is 6.04. The Morgan fingerprint density at radius 3 is 2.85 bits per heavy atom. The molecule has 0 saturated carbocycles. The van der Waals surface area contributed by atoms with Crippen molar-refractivity contribution in [1.82, 2.24) is 19.5 Å². The number of aromatic nitrogens is 4. The smallest absolute Gasteiger partial charge is 0.224 e. The number of aryl methyl sites for hydroxylation is 1. The van der Waals surface area contributed by atoms with Crippen LogP contribution in [0.1, 0.15) is 0 Å². The van der Waals surface area contributed by atoms with E-state index in [9.17, 15) is 0 Å². The summed E-state index contributed by atoms with van der Waals surface area (Å²) in [5.74, 6) is 0. The number of benzene rings is 1. The van der Waals surface area contributed by atoms with E-state index in [1.54, 1.807) is 0 Å². The fourth-order valence-corrected chi connectivity index (χ4v) is 2.82. The van der Waals surface area contributed by atoms with Gasteiger partial charge in [0.15, 0.2) is 0 Å². The highest BCUT2D eigenvalue weighted by Crippen LogP contribution is 2.33. The second kappa shape index (κ2) is 4.08. The largest absolute Gasteiger partial charge is 0.350 e. The lowest BCUT2D eigenvalue weighted by atomic mass is 10.1. The number of halogens is 1. The topological polar surface area (TPSA) is 46.5 Å². The Morgan fingerprint density at radius 1 is 1.10 bits per heavy atom. The van der Waals surface area contributed by atoms with Crippen molar-refractivity contribution in [3.05, 3.63) is 48.0 Å². The summed E-state index contributed by atoms with van der Waals surface area (Å²) in [5, 5.41) is 2.39. The first-order valence-electron chi connectivity index (χ1n) is 6.29. The van der Waals surface area contributed by atoms with Crippen molar-refractivity contribution in [1.29, 1.82) is 0 Å². The summed E-state index contributed by atoms with van der Waals surface area (Å²) in [6.07, 6.45) is 3.93.